The first-order chi connectivity index (χ1) is 6.88. The van der Waals surface area contributed by atoms with Gasteiger partial charge in [-0.2, -0.15) is 0 Å². The molecule has 1 nitrogen and oxygen atoms in total. The van der Waals surface area contributed by atoms with E-state index in [2.05, 4.69) is 19.1 Å². The highest BCUT2D eigenvalue weighted by Gasteiger charge is 2.28. The lowest BCUT2D eigenvalue weighted by molar-refractivity contribution is -0.0154. The van der Waals surface area contributed by atoms with E-state index in [1.165, 1.54) is 32.1 Å². The van der Waals surface area contributed by atoms with Crippen LogP contribution >= 0.6 is 0 Å². The highest BCUT2D eigenvalue weighted by atomic mass is 16.5. The molecule has 0 saturated heterocycles. The maximum Gasteiger partial charge on any atom is 0.0663 e. The predicted octanol–water partition coefficient (Wildman–Crippen LogP) is 3.55. The third-order valence-corrected chi connectivity index (χ3v) is 3.67. The molecular formula is C13H22O. The van der Waals surface area contributed by atoms with Gasteiger partial charge in [-0.15, -0.1) is 0 Å². The molecule has 80 valence electrons. The van der Waals surface area contributed by atoms with E-state index >= 15 is 0 Å². The van der Waals surface area contributed by atoms with Crippen molar-refractivity contribution in [2.45, 2.75) is 51.6 Å². The summed E-state index contributed by atoms with van der Waals surface area (Å²) in [6.07, 6.45) is 13.3. The molecule has 1 aliphatic heterocycles. The van der Waals surface area contributed by atoms with Gasteiger partial charge in [-0.25, -0.2) is 0 Å². The van der Waals surface area contributed by atoms with Crippen LogP contribution in [0.2, 0.25) is 0 Å². The SMILES string of the molecule is C[C@@H]1C=CCCO[C@H]1C1CCCCC1. The van der Waals surface area contributed by atoms with Crippen LogP contribution in [0, 0.1) is 11.8 Å². The molecule has 2 atom stereocenters. The van der Waals surface area contributed by atoms with Gasteiger partial charge in [0.2, 0.25) is 0 Å². The quantitative estimate of drug-likeness (QED) is 0.580. The van der Waals surface area contributed by atoms with Crippen molar-refractivity contribution in [2.75, 3.05) is 6.61 Å². The van der Waals surface area contributed by atoms with Gasteiger partial charge in [0.05, 0.1) is 12.7 Å². The Balaban J connectivity index is 1.95. The minimum absolute atomic E-state index is 0.508. The number of rotatable bonds is 1. The standard InChI is InChI=1S/C13H22O/c1-11-7-5-6-10-14-13(11)12-8-3-2-4-9-12/h5,7,11-13H,2-4,6,8-10H2,1H3/t11-,13-/m1/s1. The van der Waals surface area contributed by atoms with Crippen LogP contribution in [-0.2, 0) is 4.74 Å². The fraction of sp³-hybridized carbons (Fsp3) is 0.846. The summed E-state index contributed by atoms with van der Waals surface area (Å²) >= 11 is 0. The van der Waals surface area contributed by atoms with Gasteiger partial charge >= 0.3 is 0 Å². The van der Waals surface area contributed by atoms with E-state index in [0.717, 1.165) is 18.9 Å². The first-order valence-corrected chi connectivity index (χ1v) is 6.16. The lowest BCUT2D eigenvalue weighted by Gasteiger charge is -2.32. The topological polar surface area (TPSA) is 9.23 Å². The minimum atomic E-state index is 0.508. The van der Waals surface area contributed by atoms with Gasteiger partial charge in [0.1, 0.15) is 0 Å². The smallest absolute Gasteiger partial charge is 0.0663 e. The van der Waals surface area contributed by atoms with Crippen molar-refractivity contribution in [3.63, 3.8) is 0 Å². The van der Waals surface area contributed by atoms with E-state index in [9.17, 15) is 0 Å². The molecule has 2 rings (SSSR count). The van der Waals surface area contributed by atoms with Crippen LogP contribution < -0.4 is 0 Å². The monoisotopic (exact) mass is 194 g/mol. The number of hydrogen-bond acceptors (Lipinski definition) is 1. The molecule has 0 radical (unpaired) electrons. The van der Waals surface area contributed by atoms with Crippen LogP contribution in [0.4, 0.5) is 0 Å². The first-order valence-electron chi connectivity index (χ1n) is 6.16. The zero-order valence-corrected chi connectivity index (χ0v) is 9.24. The molecule has 0 N–H and O–H groups in total. The van der Waals surface area contributed by atoms with Crippen molar-refractivity contribution in [1.82, 2.24) is 0 Å². The minimum Gasteiger partial charge on any atom is -0.377 e. The Morgan fingerprint density at radius 1 is 1.14 bits per heavy atom. The molecular weight excluding hydrogens is 172 g/mol. The van der Waals surface area contributed by atoms with E-state index < -0.39 is 0 Å². The highest BCUT2D eigenvalue weighted by molar-refractivity contribution is 4.95. The van der Waals surface area contributed by atoms with Crippen molar-refractivity contribution in [2.24, 2.45) is 11.8 Å². The summed E-state index contributed by atoms with van der Waals surface area (Å²) in [5.41, 5.74) is 0. The Morgan fingerprint density at radius 3 is 2.71 bits per heavy atom. The summed E-state index contributed by atoms with van der Waals surface area (Å²) in [5, 5.41) is 0. The fourth-order valence-corrected chi connectivity index (χ4v) is 2.87. The molecule has 1 saturated carbocycles. The number of ether oxygens (including phenoxy) is 1. The van der Waals surface area contributed by atoms with Crippen molar-refractivity contribution < 1.29 is 4.74 Å². The zero-order chi connectivity index (χ0) is 9.80. The van der Waals surface area contributed by atoms with Gasteiger partial charge in [0.25, 0.3) is 0 Å². The average Bonchev–Trinajstić information content (AvgIpc) is 2.44. The second-order valence-electron chi connectivity index (χ2n) is 4.81. The molecule has 0 unspecified atom stereocenters. The molecule has 0 aromatic heterocycles. The van der Waals surface area contributed by atoms with Gasteiger partial charge in [0, 0.05) is 5.92 Å². The second kappa shape index (κ2) is 4.97. The molecule has 0 aromatic rings. The van der Waals surface area contributed by atoms with E-state index in [1.54, 1.807) is 0 Å². The normalized spacial score (nSPS) is 35.5. The molecule has 2 aliphatic rings. The summed E-state index contributed by atoms with van der Waals surface area (Å²) < 4.78 is 5.99. The Morgan fingerprint density at radius 2 is 1.93 bits per heavy atom. The molecule has 0 spiro atoms. The Kier molecular flexibility index (Phi) is 3.63. The van der Waals surface area contributed by atoms with E-state index in [1.807, 2.05) is 0 Å². The van der Waals surface area contributed by atoms with Crippen LogP contribution in [0.15, 0.2) is 12.2 Å². The van der Waals surface area contributed by atoms with Gasteiger partial charge in [-0.1, -0.05) is 38.3 Å². The molecule has 1 heteroatoms. The lowest BCUT2D eigenvalue weighted by Crippen LogP contribution is -2.30. The Hall–Kier alpha value is -0.300. The van der Waals surface area contributed by atoms with E-state index in [4.69, 9.17) is 4.74 Å². The lowest BCUT2D eigenvalue weighted by atomic mass is 9.81. The zero-order valence-electron chi connectivity index (χ0n) is 9.24. The van der Waals surface area contributed by atoms with Crippen LogP contribution in [0.25, 0.3) is 0 Å². The maximum absolute atomic E-state index is 5.99. The first kappa shape index (κ1) is 10.2. The van der Waals surface area contributed by atoms with E-state index in [-0.39, 0.29) is 0 Å². The third kappa shape index (κ3) is 2.38. The molecule has 0 aromatic carbocycles. The van der Waals surface area contributed by atoms with Gasteiger partial charge in [-0.05, 0) is 25.2 Å². The summed E-state index contributed by atoms with van der Waals surface area (Å²) in [6.45, 7) is 3.24. The van der Waals surface area contributed by atoms with Crippen molar-refractivity contribution in [1.29, 1.82) is 0 Å². The molecule has 1 heterocycles. The largest absolute Gasteiger partial charge is 0.377 e. The Bertz CT molecular complexity index is 191. The van der Waals surface area contributed by atoms with Crippen LogP contribution in [0.3, 0.4) is 0 Å². The van der Waals surface area contributed by atoms with Crippen LogP contribution in [0.1, 0.15) is 45.4 Å². The molecule has 14 heavy (non-hydrogen) atoms. The summed E-state index contributed by atoms with van der Waals surface area (Å²) in [5.74, 6) is 1.46. The van der Waals surface area contributed by atoms with Crippen molar-refractivity contribution in [3.8, 4) is 0 Å². The fourth-order valence-electron chi connectivity index (χ4n) is 2.87. The molecule has 0 bridgehead atoms. The Labute approximate surface area is 87.5 Å². The second-order valence-corrected chi connectivity index (χ2v) is 4.81. The van der Waals surface area contributed by atoms with Gasteiger partial charge in [0.15, 0.2) is 0 Å². The van der Waals surface area contributed by atoms with Gasteiger partial charge < -0.3 is 4.74 Å². The van der Waals surface area contributed by atoms with Crippen LogP contribution in [0.5, 0.6) is 0 Å². The third-order valence-electron chi connectivity index (χ3n) is 3.67. The predicted molar refractivity (Wildman–Crippen MR) is 59.2 cm³/mol. The maximum atomic E-state index is 5.99. The summed E-state index contributed by atoms with van der Waals surface area (Å²) in [4.78, 5) is 0. The van der Waals surface area contributed by atoms with Crippen molar-refractivity contribution >= 4 is 0 Å². The highest BCUT2D eigenvalue weighted by Crippen LogP contribution is 2.32. The van der Waals surface area contributed by atoms with Crippen molar-refractivity contribution in [3.05, 3.63) is 12.2 Å². The molecule has 1 aliphatic carbocycles. The van der Waals surface area contributed by atoms with Gasteiger partial charge in [-0.3, -0.25) is 0 Å². The summed E-state index contributed by atoms with van der Waals surface area (Å²) in [6, 6.07) is 0. The summed E-state index contributed by atoms with van der Waals surface area (Å²) in [7, 11) is 0. The van der Waals surface area contributed by atoms with Crippen LogP contribution in [-0.4, -0.2) is 12.7 Å². The molecule has 1 fully saturated rings. The van der Waals surface area contributed by atoms with E-state index in [0.29, 0.717) is 12.0 Å². The molecule has 0 amide bonds. The average molecular weight is 194 g/mol. The number of hydrogen-bond donors (Lipinski definition) is 0.